The first-order valence-corrected chi connectivity index (χ1v) is 4.97. The number of alkyl halides is 3. The molecule has 4 heteroatoms. The molecule has 0 radical (unpaired) electrons. The van der Waals surface area contributed by atoms with Gasteiger partial charge in [0.1, 0.15) is 0 Å². The van der Waals surface area contributed by atoms with Crippen LogP contribution in [0.3, 0.4) is 0 Å². The van der Waals surface area contributed by atoms with Gasteiger partial charge in [-0.05, 0) is 31.4 Å². The average Bonchev–Trinajstić information content (AvgIpc) is 2.17. The Kier molecular flexibility index (Phi) is 3.73. The zero-order valence-corrected chi connectivity index (χ0v) is 9.19. The van der Waals surface area contributed by atoms with Crippen molar-refractivity contribution in [2.45, 2.75) is 32.9 Å². The van der Waals surface area contributed by atoms with E-state index in [1.165, 1.54) is 0 Å². The van der Waals surface area contributed by atoms with E-state index in [0.29, 0.717) is 0 Å². The summed E-state index contributed by atoms with van der Waals surface area (Å²) in [5.74, 6) is -1.66. The van der Waals surface area contributed by atoms with Crippen molar-refractivity contribution in [3.8, 4) is 0 Å². The number of hydrogen-bond donors (Lipinski definition) is 0. The van der Waals surface area contributed by atoms with Gasteiger partial charge in [-0.1, -0.05) is 23.8 Å². The maximum atomic E-state index is 12.0. The highest BCUT2D eigenvalue weighted by atomic mass is 19.4. The van der Waals surface area contributed by atoms with Gasteiger partial charge in [-0.2, -0.15) is 13.2 Å². The van der Waals surface area contributed by atoms with Gasteiger partial charge in [0, 0.05) is 6.42 Å². The minimum Gasteiger partial charge on any atom is -0.290 e. The lowest BCUT2D eigenvalue weighted by Gasteiger charge is -2.08. The minimum absolute atomic E-state index is 0.145. The van der Waals surface area contributed by atoms with Crippen molar-refractivity contribution in [1.82, 2.24) is 0 Å². The van der Waals surface area contributed by atoms with Gasteiger partial charge >= 0.3 is 6.18 Å². The SMILES string of the molecule is Cc1ccc(C)c(CCC(=O)C(F)(F)F)c1. The van der Waals surface area contributed by atoms with Crippen LogP contribution in [0, 0.1) is 13.8 Å². The van der Waals surface area contributed by atoms with Gasteiger partial charge in [0.05, 0.1) is 0 Å². The average molecular weight is 230 g/mol. The molecule has 0 heterocycles. The van der Waals surface area contributed by atoms with Crippen molar-refractivity contribution >= 4 is 5.78 Å². The number of Topliss-reactive ketones (excluding diaryl/α,β-unsaturated/α-hetero) is 1. The second-order valence-corrected chi connectivity index (χ2v) is 3.85. The third-order valence-electron chi connectivity index (χ3n) is 2.44. The number of ketones is 1. The van der Waals surface area contributed by atoms with Crippen LogP contribution < -0.4 is 0 Å². The Bertz CT molecular complexity index is 394. The Morgan fingerprint density at radius 3 is 2.44 bits per heavy atom. The highest BCUT2D eigenvalue weighted by Crippen LogP contribution is 2.20. The zero-order valence-electron chi connectivity index (χ0n) is 9.19. The minimum atomic E-state index is -4.71. The Balaban J connectivity index is 2.68. The monoisotopic (exact) mass is 230 g/mol. The van der Waals surface area contributed by atoms with Crippen LogP contribution in [-0.4, -0.2) is 12.0 Å². The molecule has 0 N–H and O–H groups in total. The van der Waals surface area contributed by atoms with Crippen LogP contribution in [0.5, 0.6) is 0 Å². The van der Waals surface area contributed by atoms with Crippen LogP contribution in [0.15, 0.2) is 18.2 Å². The summed E-state index contributed by atoms with van der Waals surface area (Å²) >= 11 is 0. The number of hydrogen-bond acceptors (Lipinski definition) is 1. The maximum Gasteiger partial charge on any atom is 0.449 e. The van der Waals surface area contributed by atoms with E-state index in [9.17, 15) is 18.0 Å². The molecule has 16 heavy (non-hydrogen) atoms. The maximum absolute atomic E-state index is 12.0. The number of carbonyl (C=O) groups is 1. The van der Waals surface area contributed by atoms with Crippen LogP contribution in [0.2, 0.25) is 0 Å². The lowest BCUT2D eigenvalue weighted by atomic mass is 10.0. The number of rotatable bonds is 3. The molecular weight excluding hydrogens is 217 g/mol. The fraction of sp³-hybridized carbons (Fsp3) is 0.417. The largest absolute Gasteiger partial charge is 0.449 e. The van der Waals surface area contributed by atoms with Crippen LogP contribution in [0.25, 0.3) is 0 Å². The normalized spacial score (nSPS) is 11.6. The van der Waals surface area contributed by atoms with E-state index in [-0.39, 0.29) is 6.42 Å². The molecule has 0 atom stereocenters. The number of aryl methyl sites for hydroxylation is 3. The highest BCUT2D eigenvalue weighted by molar-refractivity contribution is 5.84. The van der Waals surface area contributed by atoms with Crippen LogP contribution in [0.4, 0.5) is 13.2 Å². The molecule has 0 aliphatic rings. The Hall–Kier alpha value is -1.32. The molecule has 0 aliphatic heterocycles. The first-order valence-electron chi connectivity index (χ1n) is 4.97. The molecule has 1 nitrogen and oxygen atoms in total. The van der Waals surface area contributed by atoms with E-state index in [1.54, 1.807) is 0 Å². The van der Waals surface area contributed by atoms with E-state index in [4.69, 9.17) is 0 Å². The Labute approximate surface area is 92.3 Å². The third-order valence-corrected chi connectivity index (χ3v) is 2.44. The molecule has 0 unspecified atom stereocenters. The molecule has 0 saturated carbocycles. The topological polar surface area (TPSA) is 17.1 Å². The van der Waals surface area contributed by atoms with Crippen LogP contribution in [0.1, 0.15) is 23.1 Å². The fourth-order valence-electron chi connectivity index (χ4n) is 1.46. The molecular formula is C12H13F3O. The Morgan fingerprint density at radius 1 is 1.25 bits per heavy atom. The summed E-state index contributed by atoms with van der Waals surface area (Å²) in [7, 11) is 0. The molecule has 0 aliphatic carbocycles. The van der Waals surface area contributed by atoms with E-state index >= 15 is 0 Å². The molecule has 0 spiro atoms. The quantitative estimate of drug-likeness (QED) is 0.778. The lowest BCUT2D eigenvalue weighted by molar-refractivity contribution is -0.171. The second kappa shape index (κ2) is 4.68. The molecule has 0 amide bonds. The fourth-order valence-corrected chi connectivity index (χ4v) is 1.46. The molecule has 1 aromatic carbocycles. The van der Waals surface area contributed by atoms with Crippen molar-refractivity contribution in [2.75, 3.05) is 0 Å². The van der Waals surface area contributed by atoms with Crippen LogP contribution >= 0.6 is 0 Å². The number of halogens is 3. The first kappa shape index (κ1) is 12.7. The zero-order chi connectivity index (χ0) is 12.3. The summed E-state index contributed by atoms with van der Waals surface area (Å²) in [5.41, 5.74) is 2.71. The summed E-state index contributed by atoms with van der Waals surface area (Å²) in [6.45, 7) is 3.70. The van der Waals surface area contributed by atoms with Gasteiger partial charge < -0.3 is 0 Å². The van der Waals surface area contributed by atoms with Crippen molar-refractivity contribution < 1.29 is 18.0 Å². The van der Waals surface area contributed by atoms with E-state index in [0.717, 1.165) is 16.7 Å². The van der Waals surface area contributed by atoms with E-state index in [2.05, 4.69) is 0 Å². The second-order valence-electron chi connectivity index (χ2n) is 3.85. The number of benzene rings is 1. The van der Waals surface area contributed by atoms with Crippen molar-refractivity contribution in [2.24, 2.45) is 0 Å². The van der Waals surface area contributed by atoms with Gasteiger partial charge in [0.15, 0.2) is 0 Å². The Morgan fingerprint density at radius 2 is 1.88 bits per heavy atom. The third kappa shape index (κ3) is 3.36. The summed E-state index contributed by atoms with van der Waals surface area (Å²) in [6.07, 6.45) is -5.04. The van der Waals surface area contributed by atoms with Gasteiger partial charge in [-0.25, -0.2) is 0 Å². The van der Waals surface area contributed by atoms with Crippen LogP contribution in [-0.2, 0) is 11.2 Å². The van der Waals surface area contributed by atoms with Crippen molar-refractivity contribution in [3.05, 3.63) is 34.9 Å². The predicted molar refractivity (Wildman–Crippen MR) is 55.3 cm³/mol. The van der Waals surface area contributed by atoms with Crippen molar-refractivity contribution in [1.29, 1.82) is 0 Å². The van der Waals surface area contributed by atoms with Gasteiger partial charge in [0.2, 0.25) is 5.78 Å². The first-order chi connectivity index (χ1) is 7.30. The molecule has 1 aromatic rings. The predicted octanol–water partition coefficient (Wildman–Crippen LogP) is 3.37. The van der Waals surface area contributed by atoms with Gasteiger partial charge in [0.25, 0.3) is 0 Å². The van der Waals surface area contributed by atoms with E-state index < -0.39 is 18.4 Å². The standard InChI is InChI=1S/C12H13F3O/c1-8-3-4-9(2)10(7-8)5-6-11(16)12(13,14)15/h3-4,7H,5-6H2,1-2H3. The summed E-state index contributed by atoms with van der Waals surface area (Å²) in [4.78, 5) is 10.7. The molecule has 1 rings (SSSR count). The smallest absolute Gasteiger partial charge is 0.290 e. The molecule has 0 bridgehead atoms. The van der Waals surface area contributed by atoms with Gasteiger partial charge in [-0.3, -0.25) is 4.79 Å². The van der Waals surface area contributed by atoms with Gasteiger partial charge in [-0.15, -0.1) is 0 Å². The molecule has 0 saturated heterocycles. The summed E-state index contributed by atoms with van der Waals surface area (Å²) in [5, 5.41) is 0. The number of carbonyl (C=O) groups excluding carboxylic acids is 1. The van der Waals surface area contributed by atoms with Crippen molar-refractivity contribution in [3.63, 3.8) is 0 Å². The lowest BCUT2D eigenvalue weighted by Crippen LogP contribution is -2.23. The molecule has 0 aromatic heterocycles. The molecule has 88 valence electrons. The highest BCUT2D eigenvalue weighted by Gasteiger charge is 2.37. The van der Waals surface area contributed by atoms with E-state index in [1.807, 2.05) is 32.0 Å². The molecule has 0 fully saturated rings. The summed E-state index contributed by atoms with van der Waals surface area (Å²) < 4.78 is 35.9. The summed E-state index contributed by atoms with van der Waals surface area (Å²) in [6, 6.07) is 5.56.